The topological polar surface area (TPSA) is 57.1 Å². The Kier molecular flexibility index (Phi) is 6.47. The Morgan fingerprint density at radius 1 is 1.07 bits per heavy atom. The first-order valence-electron chi connectivity index (χ1n) is 9.39. The summed E-state index contributed by atoms with van der Waals surface area (Å²) >= 11 is 0. The van der Waals surface area contributed by atoms with Gasteiger partial charge in [-0.15, -0.1) is 0 Å². The fraction of sp³-hybridized carbons (Fsp3) is 0.364. The lowest BCUT2D eigenvalue weighted by Gasteiger charge is -2.17. The van der Waals surface area contributed by atoms with Gasteiger partial charge in [-0.05, 0) is 73.7 Å². The van der Waals surface area contributed by atoms with Crippen LogP contribution in [0.1, 0.15) is 54.1 Å². The van der Waals surface area contributed by atoms with Gasteiger partial charge in [0.15, 0.2) is 0 Å². The van der Waals surface area contributed by atoms with Crippen molar-refractivity contribution in [2.24, 2.45) is 5.16 Å². The van der Waals surface area contributed by atoms with Gasteiger partial charge in [0.2, 0.25) is 0 Å². The molecule has 0 aliphatic heterocycles. The molecule has 0 saturated carbocycles. The summed E-state index contributed by atoms with van der Waals surface area (Å²) in [6.45, 7) is 2.79. The van der Waals surface area contributed by atoms with Crippen LogP contribution in [0, 0.1) is 0 Å². The van der Waals surface area contributed by atoms with E-state index in [0.717, 1.165) is 54.9 Å². The first kappa shape index (κ1) is 19.0. The molecule has 0 spiro atoms. The first-order valence-corrected chi connectivity index (χ1v) is 9.39. The Balaban J connectivity index is 1.65. The standard InChI is InChI=1S/C22H25NO4/c1-3-4-14-26-18-10-8-16(9-11-18)22(24)27-23-21-7-5-6-17-15-19(25-2)12-13-20(17)21/h8-13,15H,3-7,14H2,1-2H3/b23-21+. The summed E-state index contributed by atoms with van der Waals surface area (Å²) in [7, 11) is 1.65. The molecule has 0 bridgehead atoms. The molecule has 0 amide bonds. The van der Waals surface area contributed by atoms with E-state index in [9.17, 15) is 4.79 Å². The number of methoxy groups -OCH3 is 1. The summed E-state index contributed by atoms with van der Waals surface area (Å²) in [6.07, 6.45) is 4.82. The molecule has 142 valence electrons. The lowest BCUT2D eigenvalue weighted by atomic mass is 9.90. The molecule has 0 radical (unpaired) electrons. The molecular formula is C22H25NO4. The third kappa shape index (κ3) is 4.88. The minimum atomic E-state index is -0.469. The fourth-order valence-corrected chi connectivity index (χ4v) is 3.03. The van der Waals surface area contributed by atoms with Crippen LogP contribution in [0.15, 0.2) is 47.6 Å². The summed E-state index contributed by atoms with van der Waals surface area (Å²) < 4.78 is 10.9. The molecule has 0 atom stereocenters. The molecule has 0 unspecified atom stereocenters. The van der Waals surface area contributed by atoms with Crippen molar-refractivity contribution in [1.82, 2.24) is 0 Å². The third-order valence-electron chi connectivity index (χ3n) is 4.58. The predicted molar refractivity (Wildman–Crippen MR) is 105 cm³/mol. The number of rotatable bonds is 7. The summed E-state index contributed by atoms with van der Waals surface area (Å²) in [5.41, 5.74) is 3.44. The Labute approximate surface area is 159 Å². The highest BCUT2D eigenvalue weighted by Gasteiger charge is 2.18. The van der Waals surface area contributed by atoms with Crippen molar-refractivity contribution in [3.63, 3.8) is 0 Å². The van der Waals surface area contributed by atoms with Gasteiger partial charge in [0, 0.05) is 5.56 Å². The summed E-state index contributed by atoms with van der Waals surface area (Å²) in [6, 6.07) is 12.8. The van der Waals surface area contributed by atoms with Crippen molar-refractivity contribution < 1.29 is 19.1 Å². The number of fused-ring (bicyclic) bond motifs is 1. The number of ether oxygens (including phenoxy) is 2. The molecule has 2 aromatic rings. The largest absolute Gasteiger partial charge is 0.497 e. The maximum atomic E-state index is 12.3. The summed E-state index contributed by atoms with van der Waals surface area (Å²) in [4.78, 5) is 17.5. The number of oxime groups is 1. The van der Waals surface area contributed by atoms with Crippen LogP contribution in [-0.2, 0) is 11.3 Å². The van der Waals surface area contributed by atoms with Gasteiger partial charge in [-0.1, -0.05) is 18.5 Å². The van der Waals surface area contributed by atoms with Crippen molar-refractivity contribution >= 4 is 11.7 Å². The molecule has 5 nitrogen and oxygen atoms in total. The van der Waals surface area contributed by atoms with Crippen LogP contribution < -0.4 is 9.47 Å². The Bertz CT molecular complexity index is 812. The van der Waals surface area contributed by atoms with Gasteiger partial charge in [-0.3, -0.25) is 0 Å². The fourth-order valence-electron chi connectivity index (χ4n) is 3.03. The molecular weight excluding hydrogens is 342 g/mol. The minimum absolute atomic E-state index is 0.452. The molecule has 3 rings (SSSR count). The average molecular weight is 367 g/mol. The van der Waals surface area contributed by atoms with Crippen molar-refractivity contribution in [2.75, 3.05) is 13.7 Å². The molecule has 0 heterocycles. The highest BCUT2D eigenvalue weighted by atomic mass is 16.7. The van der Waals surface area contributed by atoms with Crippen molar-refractivity contribution in [2.45, 2.75) is 39.0 Å². The van der Waals surface area contributed by atoms with Gasteiger partial charge in [0.25, 0.3) is 0 Å². The van der Waals surface area contributed by atoms with Crippen LogP contribution in [-0.4, -0.2) is 25.4 Å². The number of unbranched alkanes of at least 4 members (excludes halogenated alkanes) is 1. The molecule has 27 heavy (non-hydrogen) atoms. The lowest BCUT2D eigenvalue weighted by Crippen LogP contribution is -2.13. The van der Waals surface area contributed by atoms with Crippen molar-refractivity contribution in [3.8, 4) is 11.5 Å². The highest BCUT2D eigenvalue weighted by molar-refractivity contribution is 6.03. The van der Waals surface area contributed by atoms with Crippen LogP contribution in [0.5, 0.6) is 11.5 Å². The molecule has 0 saturated heterocycles. The second-order valence-electron chi connectivity index (χ2n) is 6.52. The third-order valence-corrected chi connectivity index (χ3v) is 4.58. The number of nitrogens with zero attached hydrogens (tertiary/aromatic N) is 1. The smallest absolute Gasteiger partial charge is 0.365 e. The Morgan fingerprint density at radius 3 is 2.59 bits per heavy atom. The zero-order chi connectivity index (χ0) is 19.1. The van der Waals surface area contributed by atoms with Crippen LogP contribution in [0.3, 0.4) is 0 Å². The lowest BCUT2D eigenvalue weighted by molar-refractivity contribution is 0.0515. The maximum absolute atomic E-state index is 12.3. The number of benzene rings is 2. The van der Waals surface area contributed by atoms with Crippen LogP contribution in [0.4, 0.5) is 0 Å². The molecule has 0 fully saturated rings. The molecule has 5 heteroatoms. The molecule has 1 aliphatic rings. The van der Waals surface area contributed by atoms with Crippen LogP contribution >= 0.6 is 0 Å². The summed E-state index contributed by atoms with van der Waals surface area (Å²) in [5, 5.41) is 4.13. The monoisotopic (exact) mass is 367 g/mol. The van der Waals surface area contributed by atoms with Crippen LogP contribution in [0.25, 0.3) is 0 Å². The maximum Gasteiger partial charge on any atom is 0.365 e. The number of aryl methyl sites for hydroxylation is 1. The molecule has 2 aromatic carbocycles. The Morgan fingerprint density at radius 2 is 1.85 bits per heavy atom. The van der Waals surface area contributed by atoms with E-state index in [4.69, 9.17) is 14.3 Å². The van der Waals surface area contributed by atoms with E-state index in [2.05, 4.69) is 12.1 Å². The van der Waals surface area contributed by atoms with Gasteiger partial charge in [-0.2, -0.15) is 0 Å². The molecule has 0 aromatic heterocycles. The van der Waals surface area contributed by atoms with Gasteiger partial charge >= 0.3 is 5.97 Å². The average Bonchev–Trinajstić information content (AvgIpc) is 2.72. The highest BCUT2D eigenvalue weighted by Crippen LogP contribution is 2.26. The minimum Gasteiger partial charge on any atom is -0.497 e. The molecule has 0 N–H and O–H groups in total. The van der Waals surface area contributed by atoms with Gasteiger partial charge in [0.1, 0.15) is 11.5 Å². The second-order valence-corrected chi connectivity index (χ2v) is 6.52. The SMILES string of the molecule is CCCCOc1ccc(C(=O)O/N=C2\CCCc3cc(OC)ccc32)cc1. The zero-order valence-corrected chi connectivity index (χ0v) is 15.9. The quantitative estimate of drug-likeness (QED) is 0.402. The first-order chi connectivity index (χ1) is 13.2. The van der Waals surface area contributed by atoms with Crippen LogP contribution in [0.2, 0.25) is 0 Å². The van der Waals surface area contributed by atoms with E-state index in [1.165, 1.54) is 5.56 Å². The van der Waals surface area contributed by atoms with E-state index in [-0.39, 0.29) is 0 Å². The zero-order valence-electron chi connectivity index (χ0n) is 15.9. The number of carbonyl (C=O) groups excluding carboxylic acids is 1. The number of carbonyl (C=O) groups is 1. The van der Waals surface area contributed by atoms with E-state index in [1.54, 1.807) is 31.4 Å². The van der Waals surface area contributed by atoms with Gasteiger partial charge in [0.05, 0.1) is 25.0 Å². The van der Waals surface area contributed by atoms with Crippen molar-refractivity contribution in [1.29, 1.82) is 0 Å². The predicted octanol–water partition coefficient (Wildman–Crippen LogP) is 4.77. The van der Waals surface area contributed by atoms with E-state index >= 15 is 0 Å². The number of hydrogen-bond donors (Lipinski definition) is 0. The van der Waals surface area contributed by atoms with E-state index < -0.39 is 5.97 Å². The van der Waals surface area contributed by atoms with E-state index in [0.29, 0.717) is 12.2 Å². The molecule has 1 aliphatic carbocycles. The second kappa shape index (κ2) is 9.21. The summed E-state index contributed by atoms with van der Waals surface area (Å²) in [5.74, 6) is 1.11. The van der Waals surface area contributed by atoms with Gasteiger partial charge in [-0.25, -0.2) is 4.79 Å². The van der Waals surface area contributed by atoms with Gasteiger partial charge < -0.3 is 14.3 Å². The van der Waals surface area contributed by atoms with Crippen molar-refractivity contribution in [3.05, 3.63) is 59.2 Å². The Hall–Kier alpha value is -2.82. The number of hydrogen-bond acceptors (Lipinski definition) is 5. The normalized spacial score (nSPS) is 14.5. The van der Waals surface area contributed by atoms with E-state index in [1.807, 2.05) is 18.2 Å².